The van der Waals surface area contributed by atoms with Crippen molar-refractivity contribution in [2.75, 3.05) is 28.4 Å². The Hall–Kier alpha value is -2.37. The van der Waals surface area contributed by atoms with Crippen LogP contribution >= 0.6 is 0 Å². The number of ether oxygens (including phenoxy) is 4. The Morgan fingerprint density at radius 2 is 1.33 bits per heavy atom. The van der Waals surface area contributed by atoms with Gasteiger partial charge in [-0.2, -0.15) is 0 Å². The molecule has 0 radical (unpaired) electrons. The van der Waals surface area contributed by atoms with Crippen LogP contribution in [0.15, 0.2) is 48.5 Å². The summed E-state index contributed by atoms with van der Waals surface area (Å²) in [6.45, 7) is 0. The number of hydrogen-bond donors (Lipinski definition) is 0. The van der Waals surface area contributed by atoms with Gasteiger partial charge in [-0.3, -0.25) is 4.79 Å². The summed E-state index contributed by atoms with van der Waals surface area (Å²) >= 11 is 0. The lowest BCUT2D eigenvalue weighted by Crippen LogP contribution is -2.30. The minimum absolute atomic E-state index is 0.191. The first-order chi connectivity index (χ1) is 11.7. The van der Waals surface area contributed by atoms with Gasteiger partial charge < -0.3 is 18.9 Å². The fourth-order valence-corrected chi connectivity index (χ4v) is 2.71. The van der Waals surface area contributed by atoms with Gasteiger partial charge in [0.2, 0.25) is 0 Å². The number of methoxy groups -OCH3 is 4. The Kier molecular flexibility index (Phi) is 6.35. The Morgan fingerprint density at radius 3 is 1.79 bits per heavy atom. The van der Waals surface area contributed by atoms with E-state index in [-0.39, 0.29) is 5.78 Å². The molecule has 0 aliphatic carbocycles. The first-order valence-corrected chi connectivity index (χ1v) is 7.53. The molecule has 24 heavy (non-hydrogen) atoms. The highest BCUT2D eigenvalue weighted by Gasteiger charge is 2.34. The summed E-state index contributed by atoms with van der Waals surface area (Å²) in [6, 6.07) is 14.6. The summed E-state index contributed by atoms with van der Waals surface area (Å²) < 4.78 is 21.5. The van der Waals surface area contributed by atoms with Gasteiger partial charge in [-0.1, -0.05) is 36.4 Å². The molecule has 5 heteroatoms. The van der Waals surface area contributed by atoms with Crippen molar-refractivity contribution in [3.05, 3.63) is 59.7 Å². The van der Waals surface area contributed by atoms with Crippen LogP contribution in [0.2, 0.25) is 0 Å². The zero-order valence-electron chi connectivity index (χ0n) is 14.3. The van der Waals surface area contributed by atoms with Crippen molar-refractivity contribution in [3.63, 3.8) is 0 Å². The topological polar surface area (TPSA) is 54.0 Å². The second-order valence-corrected chi connectivity index (χ2v) is 5.13. The van der Waals surface area contributed by atoms with E-state index in [1.54, 1.807) is 18.2 Å². The normalized spacial score (nSPS) is 12.0. The molecule has 0 bridgehead atoms. The van der Waals surface area contributed by atoms with Crippen LogP contribution in [0.5, 0.6) is 11.5 Å². The molecule has 1 unspecified atom stereocenters. The molecule has 0 aliphatic rings. The molecule has 0 fully saturated rings. The summed E-state index contributed by atoms with van der Waals surface area (Å²) in [6.07, 6.45) is -0.727. The molecule has 0 aliphatic heterocycles. The van der Waals surface area contributed by atoms with Crippen molar-refractivity contribution in [2.45, 2.75) is 12.2 Å². The minimum atomic E-state index is -0.727. The summed E-state index contributed by atoms with van der Waals surface area (Å²) in [5.41, 5.74) is 1.17. The molecule has 0 N–H and O–H groups in total. The maximum absolute atomic E-state index is 13.3. The smallest absolute Gasteiger partial charge is 0.182 e. The van der Waals surface area contributed by atoms with E-state index >= 15 is 0 Å². The van der Waals surface area contributed by atoms with Gasteiger partial charge in [-0.15, -0.1) is 0 Å². The maximum atomic E-state index is 13.3. The number of rotatable bonds is 8. The lowest BCUT2D eigenvalue weighted by molar-refractivity contribution is -0.110. The van der Waals surface area contributed by atoms with Gasteiger partial charge in [0.1, 0.15) is 17.1 Å². The molecule has 2 aromatic rings. The van der Waals surface area contributed by atoms with Crippen LogP contribution in [-0.4, -0.2) is 40.5 Å². The van der Waals surface area contributed by atoms with Crippen LogP contribution in [0, 0.1) is 0 Å². The number of benzene rings is 2. The molecule has 0 heterocycles. The number of ketones is 1. The zero-order chi connectivity index (χ0) is 17.5. The fraction of sp³-hybridized carbons (Fsp3) is 0.316. The van der Waals surface area contributed by atoms with E-state index in [4.69, 9.17) is 18.9 Å². The maximum Gasteiger partial charge on any atom is 0.182 e. The molecule has 128 valence electrons. The van der Waals surface area contributed by atoms with E-state index in [9.17, 15) is 4.79 Å². The average molecular weight is 330 g/mol. The molecule has 5 nitrogen and oxygen atoms in total. The van der Waals surface area contributed by atoms with Crippen molar-refractivity contribution >= 4 is 5.78 Å². The Bertz CT molecular complexity index is 642. The van der Waals surface area contributed by atoms with E-state index in [1.165, 1.54) is 28.4 Å². The van der Waals surface area contributed by atoms with E-state index in [0.29, 0.717) is 17.1 Å². The largest absolute Gasteiger partial charge is 0.496 e. The summed E-state index contributed by atoms with van der Waals surface area (Å²) in [4.78, 5) is 13.3. The Labute approximate surface area is 142 Å². The molecule has 2 rings (SSSR count). The Balaban J connectivity index is 2.57. The highest BCUT2D eigenvalue weighted by atomic mass is 16.7. The quantitative estimate of drug-likeness (QED) is 0.549. The highest BCUT2D eigenvalue weighted by Crippen LogP contribution is 2.35. The molecule has 2 aromatic carbocycles. The monoisotopic (exact) mass is 330 g/mol. The Morgan fingerprint density at radius 1 is 0.792 bits per heavy atom. The third-order valence-corrected chi connectivity index (χ3v) is 3.85. The number of carbonyl (C=O) groups is 1. The van der Waals surface area contributed by atoms with Crippen LogP contribution in [-0.2, 0) is 9.47 Å². The van der Waals surface area contributed by atoms with Gasteiger partial charge in [0, 0.05) is 14.2 Å². The van der Waals surface area contributed by atoms with Crippen LogP contribution in [0.1, 0.15) is 21.8 Å². The molecule has 0 aromatic heterocycles. The molecule has 0 amide bonds. The standard InChI is InChI=1S/C19H22O5/c1-21-14-11-8-12-15(22-2)17(14)18(20)16(19(23-3)24-4)13-9-6-5-7-10-13/h5-12,16,19H,1-4H3. The van der Waals surface area contributed by atoms with Gasteiger partial charge in [0.05, 0.1) is 20.1 Å². The lowest BCUT2D eigenvalue weighted by Gasteiger charge is -2.25. The van der Waals surface area contributed by atoms with Crippen LogP contribution in [0.3, 0.4) is 0 Å². The molecule has 1 atom stereocenters. The predicted molar refractivity (Wildman–Crippen MR) is 90.9 cm³/mol. The van der Waals surface area contributed by atoms with Gasteiger partial charge in [-0.25, -0.2) is 0 Å². The molecular formula is C19H22O5. The first-order valence-electron chi connectivity index (χ1n) is 7.53. The average Bonchev–Trinajstić information content (AvgIpc) is 2.65. The van der Waals surface area contributed by atoms with E-state index in [0.717, 1.165) is 5.56 Å². The van der Waals surface area contributed by atoms with Crippen molar-refractivity contribution in [1.29, 1.82) is 0 Å². The van der Waals surface area contributed by atoms with Gasteiger partial charge in [0.15, 0.2) is 12.1 Å². The molecular weight excluding hydrogens is 308 g/mol. The van der Waals surface area contributed by atoms with Crippen molar-refractivity contribution in [3.8, 4) is 11.5 Å². The fourth-order valence-electron chi connectivity index (χ4n) is 2.71. The van der Waals surface area contributed by atoms with Crippen molar-refractivity contribution in [2.24, 2.45) is 0 Å². The summed E-state index contributed by atoms with van der Waals surface area (Å²) in [5.74, 6) is 0.0630. The van der Waals surface area contributed by atoms with Gasteiger partial charge in [0.25, 0.3) is 0 Å². The zero-order valence-corrected chi connectivity index (χ0v) is 14.3. The molecule has 0 spiro atoms. The van der Waals surface area contributed by atoms with Crippen molar-refractivity contribution < 1.29 is 23.7 Å². The minimum Gasteiger partial charge on any atom is -0.496 e. The first kappa shape index (κ1) is 18.0. The lowest BCUT2D eigenvalue weighted by atomic mass is 9.89. The van der Waals surface area contributed by atoms with Gasteiger partial charge in [-0.05, 0) is 17.7 Å². The van der Waals surface area contributed by atoms with Crippen molar-refractivity contribution in [1.82, 2.24) is 0 Å². The second kappa shape index (κ2) is 8.47. The second-order valence-electron chi connectivity index (χ2n) is 5.13. The van der Waals surface area contributed by atoms with Gasteiger partial charge >= 0.3 is 0 Å². The number of Topliss-reactive ketones (excluding diaryl/α,β-unsaturated/α-hetero) is 1. The third kappa shape index (κ3) is 3.58. The van der Waals surface area contributed by atoms with Crippen LogP contribution in [0.25, 0.3) is 0 Å². The molecule has 0 saturated heterocycles. The summed E-state index contributed by atoms with van der Waals surface area (Å²) in [7, 11) is 6.06. The van der Waals surface area contributed by atoms with E-state index < -0.39 is 12.2 Å². The van der Waals surface area contributed by atoms with E-state index in [1.807, 2.05) is 30.3 Å². The third-order valence-electron chi connectivity index (χ3n) is 3.85. The van der Waals surface area contributed by atoms with E-state index in [2.05, 4.69) is 0 Å². The predicted octanol–water partition coefficient (Wildman–Crippen LogP) is 3.29. The number of hydrogen-bond acceptors (Lipinski definition) is 5. The number of carbonyl (C=O) groups excluding carboxylic acids is 1. The summed E-state index contributed by atoms with van der Waals surface area (Å²) in [5, 5.41) is 0. The molecule has 0 saturated carbocycles. The SMILES string of the molecule is COc1cccc(OC)c1C(=O)C(c1ccccc1)C(OC)OC. The highest BCUT2D eigenvalue weighted by molar-refractivity contribution is 6.05. The van der Waals surface area contributed by atoms with Crippen LogP contribution in [0.4, 0.5) is 0 Å². The van der Waals surface area contributed by atoms with Crippen LogP contribution < -0.4 is 9.47 Å².